The van der Waals surface area contributed by atoms with Gasteiger partial charge in [0.1, 0.15) is 15.5 Å². The average Bonchev–Trinajstić information content (AvgIpc) is 3.19. The van der Waals surface area contributed by atoms with Crippen LogP contribution in [0.5, 0.6) is 0 Å². The van der Waals surface area contributed by atoms with E-state index in [1.807, 2.05) is 19.1 Å². The fraction of sp³-hybridized carbons (Fsp3) is 0.364. The lowest BCUT2D eigenvalue weighted by Crippen LogP contribution is -2.38. The average molecular weight is 497 g/mol. The van der Waals surface area contributed by atoms with Crippen LogP contribution in [0.4, 0.5) is 10.1 Å². The van der Waals surface area contributed by atoms with Gasteiger partial charge in [0.15, 0.2) is 5.15 Å². The van der Waals surface area contributed by atoms with E-state index in [9.17, 15) is 14.0 Å². The molecule has 6 nitrogen and oxygen atoms in total. The van der Waals surface area contributed by atoms with Crippen LogP contribution in [-0.2, 0) is 7.05 Å². The number of carbonyl (C=O) groups is 2. The van der Waals surface area contributed by atoms with Crippen LogP contribution in [0.2, 0.25) is 10.2 Å². The number of hydrogen-bond acceptors (Lipinski definition) is 5. The summed E-state index contributed by atoms with van der Waals surface area (Å²) in [5.41, 5.74) is 1.04. The zero-order valence-electron chi connectivity index (χ0n) is 18.3. The van der Waals surface area contributed by atoms with Crippen LogP contribution >= 0.6 is 34.7 Å². The Bertz CT molecular complexity index is 1170. The molecule has 0 aliphatic rings. The quantitative estimate of drug-likeness (QED) is 0.377. The number of rotatable bonds is 6. The fourth-order valence-electron chi connectivity index (χ4n) is 3.73. The second-order valence-corrected chi connectivity index (χ2v) is 9.54. The highest BCUT2D eigenvalue weighted by molar-refractivity contribution is 7.09. The molecule has 0 aliphatic carbocycles. The van der Waals surface area contributed by atoms with E-state index >= 15 is 0 Å². The van der Waals surface area contributed by atoms with Gasteiger partial charge in [-0.05, 0) is 48.3 Å². The SMILES string of the molecule is Cc1nn(C)c(F)c1C(=O)N(C(=O)c1snc(Cl)c1Cl)c1ccccc1C(C)CC(C)C. The normalized spacial score (nSPS) is 12.3. The van der Waals surface area contributed by atoms with Crippen LogP contribution in [0.25, 0.3) is 0 Å². The molecule has 2 aromatic heterocycles. The third-order valence-corrected chi connectivity index (χ3v) is 6.88. The minimum atomic E-state index is -0.831. The Morgan fingerprint density at radius 2 is 1.84 bits per heavy atom. The van der Waals surface area contributed by atoms with E-state index in [0.717, 1.165) is 33.1 Å². The Labute approximate surface area is 200 Å². The van der Waals surface area contributed by atoms with Crippen LogP contribution < -0.4 is 4.90 Å². The van der Waals surface area contributed by atoms with E-state index < -0.39 is 17.8 Å². The Hall–Kier alpha value is -2.29. The molecule has 2 amide bonds. The Balaban J connectivity index is 2.22. The lowest BCUT2D eigenvalue weighted by atomic mass is 9.90. The van der Waals surface area contributed by atoms with Gasteiger partial charge in [-0.2, -0.15) is 13.9 Å². The molecule has 10 heteroatoms. The van der Waals surface area contributed by atoms with Crippen molar-refractivity contribution in [3.63, 3.8) is 0 Å². The van der Waals surface area contributed by atoms with Crippen molar-refractivity contribution in [3.05, 3.63) is 62.1 Å². The number of amides is 2. The first-order valence-electron chi connectivity index (χ1n) is 10.0. The maximum atomic E-state index is 14.8. The van der Waals surface area contributed by atoms with Crippen molar-refractivity contribution < 1.29 is 14.0 Å². The predicted octanol–water partition coefficient (Wildman–Crippen LogP) is 6.27. The van der Waals surface area contributed by atoms with Gasteiger partial charge in [-0.3, -0.25) is 9.59 Å². The van der Waals surface area contributed by atoms with Gasteiger partial charge in [-0.1, -0.05) is 62.2 Å². The minimum Gasteiger partial charge on any atom is -0.268 e. The summed E-state index contributed by atoms with van der Waals surface area (Å²) in [6.07, 6.45) is 0.834. The Morgan fingerprint density at radius 1 is 1.19 bits per heavy atom. The van der Waals surface area contributed by atoms with Crippen LogP contribution in [-0.4, -0.2) is 26.0 Å². The van der Waals surface area contributed by atoms with E-state index in [4.69, 9.17) is 23.2 Å². The Morgan fingerprint density at radius 3 is 2.38 bits per heavy atom. The minimum absolute atomic E-state index is 0.00159. The van der Waals surface area contributed by atoms with E-state index in [1.165, 1.54) is 14.0 Å². The molecule has 3 rings (SSSR count). The molecule has 0 N–H and O–H groups in total. The van der Waals surface area contributed by atoms with Crippen molar-refractivity contribution in [1.29, 1.82) is 0 Å². The van der Waals surface area contributed by atoms with Gasteiger partial charge in [0, 0.05) is 7.05 Å². The maximum absolute atomic E-state index is 14.8. The monoisotopic (exact) mass is 496 g/mol. The molecule has 1 atom stereocenters. The van der Waals surface area contributed by atoms with Gasteiger partial charge >= 0.3 is 0 Å². The number of aryl methyl sites for hydroxylation is 2. The highest BCUT2D eigenvalue weighted by atomic mass is 35.5. The predicted molar refractivity (Wildman–Crippen MR) is 125 cm³/mol. The number of carbonyl (C=O) groups excluding carboxylic acids is 2. The molecule has 170 valence electrons. The molecule has 0 saturated carbocycles. The molecule has 0 bridgehead atoms. The van der Waals surface area contributed by atoms with Gasteiger partial charge in [0.2, 0.25) is 5.95 Å². The van der Waals surface area contributed by atoms with Gasteiger partial charge < -0.3 is 0 Å². The molecule has 1 aromatic carbocycles. The zero-order valence-corrected chi connectivity index (χ0v) is 20.6. The smallest absolute Gasteiger partial charge is 0.268 e. The molecular weight excluding hydrogens is 474 g/mol. The molecule has 0 spiro atoms. The van der Waals surface area contributed by atoms with E-state index in [0.29, 0.717) is 11.6 Å². The van der Waals surface area contributed by atoms with Crippen LogP contribution in [0.3, 0.4) is 0 Å². The number of anilines is 1. The van der Waals surface area contributed by atoms with Crippen molar-refractivity contribution >= 4 is 52.2 Å². The van der Waals surface area contributed by atoms with Crippen molar-refractivity contribution in [1.82, 2.24) is 14.2 Å². The molecule has 1 unspecified atom stereocenters. The fourth-order valence-corrected chi connectivity index (χ4v) is 4.87. The second-order valence-electron chi connectivity index (χ2n) is 8.03. The standard InChI is InChI=1S/C22H23Cl2FN4O2S/c1-11(2)10-12(3)14-8-6-7-9-15(14)29(22(31)18-17(23)19(24)27-32-18)21(30)16-13(4)26-28(5)20(16)25/h6-9,11-12H,10H2,1-5H3. The summed E-state index contributed by atoms with van der Waals surface area (Å²) in [6, 6.07) is 7.10. The molecule has 32 heavy (non-hydrogen) atoms. The highest BCUT2D eigenvalue weighted by Crippen LogP contribution is 2.36. The summed E-state index contributed by atoms with van der Waals surface area (Å²) in [6.45, 7) is 7.74. The van der Waals surface area contributed by atoms with Crippen molar-refractivity contribution in [3.8, 4) is 0 Å². The summed E-state index contributed by atoms with van der Waals surface area (Å²) >= 11 is 12.9. The van der Waals surface area contributed by atoms with Crippen LogP contribution in [0.1, 0.15) is 64.4 Å². The van der Waals surface area contributed by atoms with E-state index in [1.54, 1.807) is 12.1 Å². The van der Waals surface area contributed by atoms with Gasteiger partial charge in [0.05, 0.1) is 11.4 Å². The van der Waals surface area contributed by atoms with Crippen molar-refractivity contribution in [2.45, 2.75) is 40.0 Å². The first-order valence-corrected chi connectivity index (χ1v) is 11.5. The largest absolute Gasteiger partial charge is 0.278 e. The summed E-state index contributed by atoms with van der Waals surface area (Å²) in [4.78, 5) is 28.2. The zero-order chi connectivity index (χ0) is 23.7. The lowest BCUT2D eigenvalue weighted by Gasteiger charge is -2.26. The maximum Gasteiger partial charge on any atom is 0.278 e. The third-order valence-electron chi connectivity index (χ3n) is 5.10. The van der Waals surface area contributed by atoms with Gasteiger partial charge in [0.25, 0.3) is 11.8 Å². The third kappa shape index (κ3) is 4.58. The first kappa shape index (κ1) is 24.4. The lowest BCUT2D eigenvalue weighted by molar-refractivity contribution is 0.0897. The highest BCUT2D eigenvalue weighted by Gasteiger charge is 2.35. The number of para-hydroxylation sites is 1. The van der Waals surface area contributed by atoms with Gasteiger partial charge in [-0.25, -0.2) is 9.58 Å². The molecule has 0 fully saturated rings. The molecule has 2 heterocycles. The number of halogens is 3. The van der Waals surface area contributed by atoms with E-state index in [2.05, 4.69) is 23.3 Å². The molecule has 0 aliphatic heterocycles. The summed E-state index contributed by atoms with van der Waals surface area (Å²) in [5.74, 6) is -1.95. The number of aromatic nitrogens is 3. The number of imide groups is 1. The molecular formula is C22H23Cl2FN4O2S. The number of hydrogen-bond donors (Lipinski definition) is 0. The number of nitrogens with zero attached hydrogens (tertiary/aromatic N) is 4. The Kier molecular flexibility index (Phi) is 7.37. The summed E-state index contributed by atoms with van der Waals surface area (Å²) < 4.78 is 19.7. The topological polar surface area (TPSA) is 68.1 Å². The number of benzene rings is 1. The molecule has 0 saturated heterocycles. The summed E-state index contributed by atoms with van der Waals surface area (Å²) in [5, 5.41) is 3.91. The summed E-state index contributed by atoms with van der Waals surface area (Å²) in [7, 11) is 1.39. The van der Waals surface area contributed by atoms with Crippen molar-refractivity contribution in [2.24, 2.45) is 13.0 Å². The molecule has 3 aromatic rings. The van der Waals surface area contributed by atoms with E-state index in [-0.39, 0.29) is 32.2 Å². The van der Waals surface area contributed by atoms with Crippen LogP contribution in [0.15, 0.2) is 24.3 Å². The van der Waals surface area contributed by atoms with Gasteiger partial charge in [-0.15, -0.1) is 0 Å². The first-order chi connectivity index (χ1) is 15.0. The van der Waals surface area contributed by atoms with Crippen LogP contribution in [0, 0.1) is 18.8 Å². The molecule has 0 radical (unpaired) electrons. The van der Waals surface area contributed by atoms with Crippen molar-refractivity contribution in [2.75, 3.05) is 4.90 Å². The second kappa shape index (κ2) is 9.68.